The first-order valence-corrected chi connectivity index (χ1v) is 4.97. The van der Waals surface area contributed by atoms with Crippen molar-refractivity contribution >= 4 is 12.2 Å². The highest BCUT2D eigenvalue weighted by Crippen LogP contribution is 2.01. The van der Waals surface area contributed by atoms with Gasteiger partial charge in [0.1, 0.15) is 0 Å². The number of rotatable bonds is 3. The summed E-state index contributed by atoms with van der Waals surface area (Å²) in [6.07, 6.45) is 1.28. The van der Waals surface area contributed by atoms with Crippen molar-refractivity contribution in [3.63, 3.8) is 0 Å². The number of nitriles is 1. The number of esters is 1. The topological polar surface area (TPSA) is 76.2 Å². The van der Waals surface area contributed by atoms with Gasteiger partial charge in [0.15, 0.2) is 6.21 Å². The minimum Gasteiger partial charge on any atom is -0.623 e. The molecule has 0 aliphatic carbocycles. The van der Waals surface area contributed by atoms with E-state index in [1.807, 2.05) is 6.07 Å². The van der Waals surface area contributed by atoms with E-state index in [0.717, 1.165) is 0 Å². The Morgan fingerprint density at radius 2 is 2.12 bits per heavy atom. The van der Waals surface area contributed by atoms with Crippen molar-refractivity contribution in [3.05, 3.63) is 40.6 Å². The monoisotopic (exact) mass is 232 g/mol. The van der Waals surface area contributed by atoms with Crippen LogP contribution in [-0.4, -0.2) is 30.1 Å². The zero-order valence-corrected chi connectivity index (χ0v) is 9.58. The molecule has 0 aliphatic heterocycles. The first-order valence-electron chi connectivity index (χ1n) is 4.97. The maximum absolute atomic E-state index is 11.6. The molecule has 5 nitrogen and oxygen atoms in total. The molecular weight excluding hydrogens is 220 g/mol. The van der Waals surface area contributed by atoms with E-state index in [0.29, 0.717) is 15.9 Å². The largest absolute Gasteiger partial charge is 0.623 e. The molecule has 0 spiro atoms. The van der Waals surface area contributed by atoms with E-state index < -0.39 is 12.0 Å². The van der Waals surface area contributed by atoms with Gasteiger partial charge in [-0.1, -0.05) is 0 Å². The van der Waals surface area contributed by atoms with Gasteiger partial charge in [0.2, 0.25) is 0 Å². The predicted octanol–water partition coefficient (Wildman–Crippen LogP) is 1.05. The number of carbonyl (C=O) groups excluding carboxylic acids is 1. The minimum atomic E-state index is -0.893. The fraction of sp³-hybridized carbons (Fsp3) is 0.250. The van der Waals surface area contributed by atoms with Crippen LogP contribution >= 0.6 is 0 Å². The van der Waals surface area contributed by atoms with Gasteiger partial charge in [-0.3, -0.25) is 0 Å². The fourth-order valence-corrected chi connectivity index (χ4v) is 1.18. The fourth-order valence-electron chi connectivity index (χ4n) is 1.18. The molecule has 0 saturated carbocycles. The molecule has 0 fully saturated rings. The molecule has 0 bridgehead atoms. The van der Waals surface area contributed by atoms with Crippen molar-refractivity contribution in [3.8, 4) is 6.07 Å². The Bertz CT molecular complexity index is 472. The second-order valence-corrected chi connectivity index (χ2v) is 3.42. The molecule has 1 aromatic rings. The van der Waals surface area contributed by atoms with E-state index in [2.05, 4.69) is 4.74 Å². The van der Waals surface area contributed by atoms with Crippen LogP contribution in [0.2, 0.25) is 0 Å². The summed E-state index contributed by atoms with van der Waals surface area (Å²) in [5.74, 6) is -0.593. The summed E-state index contributed by atoms with van der Waals surface area (Å²) in [6.45, 7) is 1.46. The van der Waals surface area contributed by atoms with E-state index in [-0.39, 0.29) is 0 Å². The number of carbonyl (C=O) groups is 1. The quantitative estimate of drug-likeness (QED) is 0.256. The highest BCUT2D eigenvalue weighted by molar-refractivity contribution is 5.78. The van der Waals surface area contributed by atoms with Gasteiger partial charge in [0.25, 0.3) is 6.04 Å². The molecule has 0 aliphatic rings. The SMILES string of the molecule is COC(=O)[C@@H](C)/[N+]([O-])=C/c1ccc(C#N)cc1. The molecule has 0 radical (unpaired) electrons. The van der Waals surface area contributed by atoms with Crippen LogP contribution in [0.4, 0.5) is 0 Å². The Kier molecular flexibility index (Phi) is 4.23. The molecule has 1 atom stereocenters. The number of nitrogens with zero attached hydrogens (tertiary/aromatic N) is 2. The van der Waals surface area contributed by atoms with Crippen LogP contribution in [0.25, 0.3) is 0 Å². The number of benzene rings is 1. The lowest BCUT2D eigenvalue weighted by Crippen LogP contribution is -2.29. The van der Waals surface area contributed by atoms with Gasteiger partial charge >= 0.3 is 5.97 Å². The lowest BCUT2D eigenvalue weighted by molar-refractivity contribution is -0.479. The van der Waals surface area contributed by atoms with Gasteiger partial charge in [0, 0.05) is 12.5 Å². The van der Waals surface area contributed by atoms with Crippen LogP contribution in [-0.2, 0) is 9.53 Å². The molecule has 0 saturated heterocycles. The summed E-state index contributed by atoms with van der Waals surface area (Å²) in [5.41, 5.74) is 1.13. The minimum absolute atomic E-state index is 0.514. The van der Waals surface area contributed by atoms with Crippen molar-refractivity contribution in [2.75, 3.05) is 7.11 Å². The van der Waals surface area contributed by atoms with E-state index in [4.69, 9.17) is 5.26 Å². The van der Waals surface area contributed by atoms with Gasteiger partial charge in [-0.15, -0.1) is 0 Å². The standard InChI is InChI=1S/C12H12N2O3/c1-9(12(15)17-2)14(16)8-11-5-3-10(7-13)4-6-11/h3-6,8-9H,1-2H3/b14-8-/t9-/m1/s1. The summed E-state index contributed by atoms with van der Waals surface area (Å²) in [5, 5.41) is 20.2. The van der Waals surface area contributed by atoms with E-state index in [9.17, 15) is 10.0 Å². The molecule has 0 aromatic heterocycles. The lowest BCUT2D eigenvalue weighted by Gasteiger charge is -2.09. The maximum atomic E-state index is 11.6. The third-order valence-corrected chi connectivity index (χ3v) is 2.24. The zero-order valence-electron chi connectivity index (χ0n) is 9.58. The van der Waals surface area contributed by atoms with Crippen molar-refractivity contribution in [1.29, 1.82) is 5.26 Å². The smallest absolute Gasteiger partial charge is 0.376 e. The number of ether oxygens (including phenoxy) is 1. The van der Waals surface area contributed by atoms with Gasteiger partial charge in [-0.2, -0.15) is 10.0 Å². The number of methoxy groups -OCH3 is 1. The average Bonchev–Trinajstić information content (AvgIpc) is 2.37. The normalized spacial score (nSPS) is 12.6. The Morgan fingerprint density at radius 3 is 2.59 bits per heavy atom. The number of hydrogen-bond donors (Lipinski definition) is 0. The highest BCUT2D eigenvalue weighted by Gasteiger charge is 2.20. The van der Waals surface area contributed by atoms with Crippen LogP contribution in [0.3, 0.4) is 0 Å². The Hall–Kier alpha value is -2.35. The third-order valence-electron chi connectivity index (χ3n) is 2.24. The second-order valence-electron chi connectivity index (χ2n) is 3.42. The number of hydroxylamine groups is 1. The van der Waals surface area contributed by atoms with Gasteiger partial charge < -0.3 is 9.94 Å². The Balaban J connectivity index is 2.87. The molecule has 88 valence electrons. The van der Waals surface area contributed by atoms with Crippen molar-refractivity contribution in [2.24, 2.45) is 0 Å². The van der Waals surface area contributed by atoms with Crippen LogP contribution in [0.1, 0.15) is 18.1 Å². The molecule has 1 aromatic carbocycles. The summed E-state index contributed by atoms with van der Waals surface area (Å²) in [6, 6.07) is 7.55. The molecular formula is C12H12N2O3. The van der Waals surface area contributed by atoms with E-state index >= 15 is 0 Å². The van der Waals surface area contributed by atoms with Gasteiger partial charge in [-0.05, 0) is 24.3 Å². The van der Waals surface area contributed by atoms with Gasteiger partial charge in [0.05, 0.1) is 18.7 Å². The second kappa shape index (κ2) is 5.66. The van der Waals surface area contributed by atoms with Crippen LogP contribution in [0.15, 0.2) is 24.3 Å². The molecule has 0 heterocycles. The van der Waals surface area contributed by atoms with E-state index in [1.165, 1.54) is 20.2 Å². The van der Waals surface area contributed by atoms with Crippen molar-refractivity contribution in [2.45, 2.75) is 13.0 Å². The molecule has 5 heteroatoms. The Labute approximate surface area is 99.1 Å². The molecule has 0 N–H and O–H groups in total. The summed E-state index contributed by atoms with van der Waals surface area (Å²) in [4.78, 5) is 11.1. The Morgan fingerprint density at radius 1 is 1.53 bits per heavy atom. The highest BCUT2D eigenvalue weighted by atomic mass is 16.5. The van der Waals surface area contributed by atoms with Crippen LogP contribution in [0.5, 0.6) is 0 Å². The first kappa shape index (κ1) is 12.7. The number of hydrogen-bond acceptors (Lipinski definition) is 4. The zero-order chi connectivity index (χ0) is 12.8. The molecule has 1 rings (SSSR count). The van der Waals surface area contributed by atoms with E-state index in [1.54, 1.807) is 24.3 Å². The van der Waals surface area contributed by atoms with Crippen molar-refractivity contribution < 1.29 is 14.3 Å². The summed E-state index contributed by atoms with van der Waals surface area (Å²) in [7, 11) is 1.23. The maximum Gasteiger partial charge on any atom is 0.376 e. The third kappa shape index (κ3) is 3.31. The predicted molar refractivity (Wildman–Crippen MR) is 61.4 cm³/mol. The average molecular weight is 232 g/mol. The molecule has 0 unspecified atom stereocenters. The summed E-state index contributed by atoms with van der Waals surface area (Å²) >= 11 is 0. The summed E-state index contributed by atoms with van der Waals surface area (Å²) < 4.78 is 4.98. The van der Waals surface area contributed by atoms with Gasteiger partial charge in [-0.25, -0.2) is 4.79 Å². The van der Waals surface area contributed by atoms with Crippen molar-refractivity contribution in [1.82, 2.24) is 0 Å². The lowest BCUT2D eigenvalue weighted by atomic mass is 10.2. The molecule has 17 heavy (non-hydrogen) atoms. The molecule has 0 amide bonds. The first-order chi connectivity index (χ1) is 8.08. The van der Waals surface area contributed by atoms with Crippen LogP contribution < -0.4 is 0 Å². The van der Waals surface area contributed by atoms with Crippen LogP contribution in [0, 0.1) is 16.5 Å².